The highest BCUT2D eigenvalue weighted by atomic mass is 16.5. The van der Waals surface area contributed by atoms with E-state index in [0.29, 0.717) is 6.61 Å². The lowest BCUT2D eigenvalue weighted by molar-refractivity contribution is -0.140. The zero-order chi connectivity index (χ0) is 17.4. The third-order valence-electron chi connectivity index (χ3n) is 6.44. The summed E-state index contributed by atoms with van der Waals surface area (Å²) in [6.07, 6.45) is 2.79. The molecular formula is C18H31N3O3. The Bertz CT molecular complexity index is 500. The van der Waals surface area contributed by atoms with Crippen LogP contribution in [0.3, 0.4) is 0 Å². The predicted molar refractivity (Wildman–Crippen MR) is 91.5 cm³/mol. The van der Waals surface area contributed by atoms with Gasteiger partial charge in [0.2, 0.25) is 11.8 Å². The van der Waals surface area contributed by atoms with E-state index in [0.717, 1.165) is 58.5 Å². The maximum atomic E-state index is 12.8. The van der Waals surface area contributed by atoms with Crippen LogP contribution in [0.5, 0.6) is 0 Å². The molecule has 136 valence electrons. The second-order valence-corrected chi connectivity index (χ2v) is 8.05. The van der Waals surface area contributed by atoms with E-state index >= 15 is 0 Å². The molecule has 3 rings (SSSR count). The highest BCUT2D eigenvalue weighted by Gasteiger charge is 2.63. The van der Waals surface area contributed by atoms with E-state index in [1.807, 2.05) is 18.7 Å². The average molecular weight is 337 g/mol. The minimum Gasteiger partial charge on any atom is -0.383 e. The Labute approximate surface area is 144 Å². The molecule has 1 N–H and O–H groups in total. The van der Waals surface area contributed by atoms with E-state index in [9.17, 15) is 9.59 Å². The molecule has 3 aliphatic rings. The van der Waals surface area contributed by atoms with E-state index in [1.165, 1.54) is 0 Å². The Hall–Kier alpha value is -1.14. The summed E-state index contributed by atoms with van der Waals surface area (Å²) in [5.41, 5.74) is -0.261. The molecule has 1 atom stereocenters. The summed E-state index contributed by atoms with van der Waals surface area (Å²) in [5.74, 6) is 0.514. The molecule has 0 aromatic carbocycles. The second-order valence-electron chi connectivity index (χ2n) is 8.05. The number of hydrogen-bond donors (Lipinski definition) is 1. The monoisotopic (exact) mass is 337 g/mol. The number of fused-ring (bicyclic) bond motifs is 1. The van der Waals surface area contributed by atoms with Crippen LogP contribution in [0.1, 0.15) is 33.1 Å². The van der Waals surface area contributed by atoms with Crippen LogP contribution in [0.15, 0.2) is 0 Å². The maximum absolute atomic E-state index is 12.8. The van der Waals surface area contributed by atoms with Crippen LogP contribution in [0, 0.1) is 16.7 Å². The van der Waals surface area contributed by atoms with E-state index in [-0.39, 0.29) is 28.6 Å². The molecule has 0 aliphatic carbocycles. The smallest absolute Gasteiger partial charge is 0.228 e. The topological polar surface area (TPSA) is 61.9 Å². The van der Waals surface area contributed by atoms with Gasteiger partial charge in [0.05, 0.1) is 12.0 Å². The van der Waals surface area contributed by atoms with Gasteiger partial charge in [-0.3, -0.25) is 14.5 Å². The van der Waals surface area contributed by atoms with E-state index in [4.69, 9.17) is 4.74 Å². The number of carbonyl (C=O) groups is 2. The molecule has 2 amide bonds. The fraction of sp³-hybridized carbons (Fsp3) is 0.889. The number of nitrogens with one attached hydrogen (secondary N) is 1. The van der Waals surface area contributed by atoms with Crippen LogP contribution in [0.25, 0.3) is 0 Å². The Kier molecular flexibility index (Phi) is 4.89. The fourth-order valence-corrected chi connectivity index (χ4v) is 5.05. The summed E-state index contributed by atoms with van der Waals surface area (Å²) in [5, 5.41) is 3.08. The molecule has 3 saturated heterocycles. The first-order chi connectivity index (χ1) is 11.4. The summed E-state index contributed by atoms with van der Waals surface area (Å²) >= 11 is 0. The molecule has 3 fully saturated rings. The molecule has 0 aromatic rings. The van der Waals surface area contributed by atoms with Crippen molar-refractivity contribution in [3.8, 4) is 0 Å². The van der Waals surface area contributed by atoms with Crippen molar-refractivity contribution in [2.75, 3.05) is 53.0 Å². The quantitative estimate of drug-likeness (QED) is 0.821. The number of hydrogen-bond acceptors (Lipinski definition) is 4. The fourth-order valence-electron chi connectivity index (χ4n) is 5.05. The molecule has 0 saturated carbocycles. The minimum atomic E-state index is -0.270. The molecule has 3 aliphatic heterocycles. The van der Waals surface area contributed by atoms with Crippen LogP contribution < -0.4 is 5.32 Å². The number of amides is 2. The molecule has 1 unspecified atom stereocenters. The molecule has 0 radical (unpaired) electrons. The number of piperidine rings is 1. The summed E-state index contributed by atoms with van der Waals surface area (Å²) < 4.78 is 5.24. The number of likely N-dealkylation sites (tertiary alicyclic amines) is 2. The Morgan fingerprint density at radius 1 is 1.25 bits per heavy atom. The van der Waals surface area contributed by atoms with Gasteiger partial charge in [0.1, 0.15) is 0 Å². The largest absolute Gasteiger partial charge is 0.383 e. The zero-order valence-corrected chi connectivity index (χ0v) is 15.3. The van der Waals surface area contributed by atoms with Gasteiger partial charge in [-0.2, -0.15) is 0 Å². The van der Waals surface area contributed by atoms with Gasteiger partial charge in [-0.15, -0.1) is 0 Å². The number of ether oxygens (including phenoxy) is 1. The first-order valence-electron chi connectivity index (χ1n) is 9.22. The van der Waals surface area contributed by atoms with Gasteiger partial charge >= 0.3 is 0 Å². The van der Waals surface area contributed by atoms with Crippen LogP contribution in [-0.4, -0.2) is 74.6 Å². The molecule has 3 heterocycles. The second kappa shape index (κ2) is 6.64. The molecule has 24 heavy (non-hydrogen) atoms. The van der Waals surface area contributed by atoms with Gasteiger partial charge < -0.3 is 15.0 Å². The van der Waals surface area contributed by atoms with Crippen LogP contribution in [0.2, 0.25) is 0 Å². The summed E-state index contributed by atoms with van der Waals surface area (Å²) in [6, 6.07) is 0. The predicted octanol–water partition coefficient (Wildman–Crippen LogP) is 0.720. The summed E-state index contributed by atoms with van der Waals surface area (Å²) in [4.78, 5) is 29.5. The molecule has 6 heteroatoms. The SMILES string of the molecule is COCCN1CC2(CCN(C(=O)C(C)C)CC2)C2(CCNC2=O)C1. The van der Waals surface area contributed by atoms with Crippen LogP contribution in [-0.2, 0) is 14.3 Å². The molecule has 0 bridgehead atoms. The number of methoxy groups -OCH3 is 1. The molecular weight excluding hydrogens is 306 g/mol. The number of carbonyl (C=O) groups excluding carboxylic acids is 2. The van der Waals surface area contributed by atoms with Gasteiger partial charge in [-0.1, -0.05) is 13.8 Å². The lowest BCUT2D eigenvalue weighted by Crippen LogP contribution is -2.53. The maximum Gasteiger partial charge on any atom is 0.228 e. The lowest BCUT2D eigenvalue weighted by atomic mass is 9.60. The normalized spacial score (nSPS) is 29.8. The van der Waals surface area contributed by atoms with Crippen molar-refractivity contribution in [2.24, 2.45) is 16.7 Å². The first kappa shape index (κ1) is 17.7. The van der Waals surface area contributed by atoms with Gasteiger partial charge in [-0.05, 0) is 19.3 Å². The third-order valence-corrected chi connectivity index (χ3v) is 6.44. The van der Waals surface area contributed by atoms with Crippen molar-refractivity contribution in [1.82, 2.24) is 15.1 Å². The summed E-state index contributed by atoms with van der Waals surface area (Å²) in [7, 11) is 1.72. The third kappa shape index (κ3) is 2.73. The average Bonchev–Trinajstić information content (AvgIpc) is 3.08. The van der Waals surface area contributed by atoms with Crippen LogP contribution in [0.4, 0.5) is 0 Å². The van der Waals surface area contributed by atoms with Gasteiger partial charge in [0, 0.05) is 57.7 Å². The standard InChI is InChI=1S/C18H31N3O3/c1-14(2)15(22)21-8-5-17(6-9-21)12-20(10-11-24-3)13-18(17)4-7-19-16(18)23/h14H,4-13H2,1-3H3,(H,19,23). The van der Waals surface area contributed by atoms with Gasteiger partial charge in [0.15, 0.2) is 0 Å². The van der Waals surface area contributed by atoms with Crippen molar-refractivity contribution >= 4 is 11.8 Å². The van der Waals surface area contributed by atoms with Crippen molar-refractivity contribution in [3.05, 3.63) is 0 Å². The Morgan fingerprint density at radius 3 is 2.50 bits per heavy atom. The highest BCUT2D eigenvalue weighted by molar-refractivity contribution is 5.86. The summed E-state index contributed by atoms with van der Waals surface area (Å²) in [6.45, 7) is 9.63. The van der Waals surface area contributed by atoms with Crippen molar-refractivity contribution < 1.29 is 14.3 Å². The van der Waals surface area contributed by atoms with Crippen molar-refractivity contribution in [2.45, 2.75) is 33.1 Å². The van der Waals surface area contributed by atoms with E-state index in [1.54, 1.807) is 7.11 Å². The van der Waals surface area contributed by atoms with Crippen molar-refractivity contribution in [1.29, 1.82) is 0 Å². The number of nitrogens with zero attached hydrogens (tertiary/aromatic N) is 2. The van der Waals surface area contributed by atoms with E-state index in [2.05, 4.69) is 10.2 Å². The van der Waals surface area contributed by atoms with Crippen molar-refractivity contribution in [3.63, 3.8) is 0 Å². The molecule has 2 spiro atoms. The van der Waals surface area contributed by atoms with Gasteiger partial charge in [-0.25, -0.2) is 0 Å². The Balaban J connectivity index is 1.77. The van der Waals surface area contributed by atoms with Gasteiger partial charge in [0.25, 0.3) is 0 Å². The van der Waals surface area contributed by atoms with E-state index < -0.39 is 0 Å². The minimum absolute atomic E-state index is 0.00901. The molecule has 6 nitrogen and oxygen atoms in total. The van der Waals surface area contributed by atoms with Crippen LogP contribution >= 0.6 is 0 Å². The highest BCUT2D eigenvalue weighted by Crippen LogP contribution is 2.56. The Morgan fingerprint density at radius 2 is 1.96 bits per heavy atom. The molecule has 0 aromatic heterocycles. The lowest BCUT2D eigenvalue weighted by Gasteiger charge is -2.47. The first-order valence-corrected chi connectivity index (χ1v) is 9.22. The number of rotatable bonds is 4. The zero-order valence-electron chi connectivity index (χ0n) is 15.3.